The zero-order chi connectivity index (χ0) is 13.8. The van der Waals surface area contributed by atoms with Crippen molar-refractivity contribution in [2.75, 3.05) is 13.2 Å². The predicted octanol–water partition coefficient (Wildman–Crippen LogP) is 1.47. The number of aromatic nitrogens is 2. The summed E-state index contributed by atoms with van der Waals surface area (Å²) < 4.78 is 10.8. The Labute approximate surface area is 111 Å². The average molecular weight is 266 g/mol. The summed E-state index contributed by atoms with van der Waals surface area (Å²) in [6.45, 7) is 4.94. The van der Waals surface area contributed by atoms with E-state index < -0.39 is 5.97 Å². The summed E-state index contributed by atoms with van der Waals surface area (Å²) in [6.07, 6.45) is 1.86. The molecule has 104 valence electrons. The van der Waals surface area contributed by atoms with Crippen molar-refractivity contribution in [3.63, 3.8) is 0 Å². The Morgan fingerprint density at radius 3 is 2.74 bits per heavy atom. The van der Waals surface area contributed by atoms with Gasteiger partial charge in [0.1, 0.15) is 11.7 Å². The van der Waals surface area contributed by atoms with Crippen LogP contribution in [0, 0.1) is 0 Å². The zero-order valence-electron chi connectivity index (χ0n) is 11.2. The molecule has 6 nitrogen and oxygen atoms in total. The summed E-state index contributed by atoms with van der Waals surface area (Å²) in [4.78, 5) is 11.5. The highest BCUT2D eigenvalue weighted by atomic mass is 16.6. The highest BCUT2D eigenvalue weighted by Crippen LogP contribution is 2.25. The molecule has 0 bridgehead atoms. The number of hydrogen-bond donors (Lipinski definition) is 1. The number of rotatable bonds is 5. The predicted molar refractivity (Wildman–Crippen MR) is 67.6 cm³/mol. The van der Waals surface area contributed by atoms with Gasteiger partial charge in [-0.25, -0.2) is 4.79 Å². The van der Waals surface area contributed by atoms with Crippen molar-refractivity contribution in [3.8, 4) is 5.88 Å². The second-order valence-corrected chi connectivity index (χ2v) is 4.42. The largest absolute Gasteiger partial charge is 0.477 e. The lowest BCUT2D eigenvalue weighted by molar-refractivity contribution is 0.0682. The molecule has 0 spiro atoms. The molecular formula is C13H18N2O4. The number of hydrogen-bond acceptors (Lipinski definition) is 5. The van der Waals surface area contributed by atoms with Crippen molar-refractivity contribution in [1.82, 2.24) is 10.2 Å². The van der Waals surface area contributed by atoms with Crippen molar-refractivity contribution in [1.29, 1.82) is 0 Å². The topological polar surface area (TPSA) is 81.5 Å². The van der Waals surface area contributed by atoms with Gasteiger partial charge in [-0.1, -0.05) is 13.8 Å². The van der Waals surface area contributed by atoms with Crippen LogP contribution in [0.4, 0.5) is 0 Å². The van der Waals surface area contributed by atoms with Gasteiger partial charge in [-0.05, 0) is 18.4 Å². The summed E-state index contributed by atoms with van der Waals surface area (Å²) >= 11 is 0. The Morgan fingerprint density at radius 1 is 1.42 bits per heavy atom. The van der Waals surface area contributed by atoms with Gasteiger partial charge < -0.3 is 14.6 Å². The fourth-order valence-corrected chi connectivity index (χ4v) is 2.22. The molecule has 0 aromatic carbocycles. The van der Waals surface area contributed by atoms with E-state index in [-0.39, 0.29) is 17.5 Å². The van der Waals surface area contributed by atoms with Crippen molar-refractivity contribution < 1.29 is 19.4 Å². The molecule has 1 atom stereocenters. The minimum absolute atomic E-state index is 0.108. The SMILES string of the molecule is CCc1nnc(OC2CCOC2)c(C(=O)O)c1CC. The third kappa shape index (κ3) is 2.84. The van der Waals surface area contributed by atoms with Crippen molar-refractivity contribution in [3.05, 3.63) is 16.8 Å². The molecule has 0 saturated carbocycles. The van der Waals surface area contributed by atoms with Crippen molar-refractivity contribution in [2.24, 2.45) is 0 Å². The summed E-state index contributed by atoms with van der Waals surface area (Å²) in [5.74, 6) is -0.910. The molecule has 1 N–H and O–H groups in total. The van der Waals surface area contributed by atoms with E-state index in [0.29, 0.717) is 31.6 Å². The molecule has 1 aromatic heterocycles. The third-order valence-corrected chi connectivity index (χ3v) is 3.19. The Hall–Kier alpha value is -1.69. The molecule has 0 amide bonds. The number of ether oxygens (including phenoxy) is 2. The van der Waals surface area contributed by atoms with E-state index in [1.54, 1.807) is 0 Å². The normalized spacial score (nSPS) is 18.5. The first kappa shape index (κ1) is 13.7. The van der Waals surface area contributed by atoms with Gasteiger partial charge in [0.25, 0.3) is 0 Å². The molecule has 1 saturated heterocycles. The van der Waals surface area contributed by atoms with Gasteiger partial charge in [-0.15, -0.1) is 5.10 Å². The van der Waals surface area contributed by atoms with E-state index in [4.69, 9.17) is 9.47 Å². The lowest BCUT2D eigenvalue weighted by atomic mass is 10.0. The Kier molecular flexibility index (Phi) is 4.31. The number of aromatic carboxylic acids is 1. The molecule has 1 aromatic rings. The molecule has 1 aliphatic heterocycles. The van der Waals surface area contributed by atoms with E-state index in [2.05, 4.69) is 10.2 Å². The van der Waals surface area contributed by atoms with E-state index >= 15 is 0 Å². The minimum atomic E-state index is -1.02. The fourth-order valence-electron chi connectivity index (χ4n) is 2.22. The van der Waals surface area contributed by atoms with Crippen LogP contribution in [0.2, 0.25) is 0 Å². The van der Waals surface area contributed by atoms with E-state index in [9.17, 15) is 9.90 Å². The number of carbonyl (C=O) groups is 1. The standard InChI is InChI=1S/C13H18N2O4/c1-3-9-10(4-2)14-15-12(11(9)13(16)17)19-8-5-6-18-7-8/h8H,3-7H2,1-2H3,(H,16,17). The first-order chi connectivity index (χ1) is 9.17. The van der Waals surface area contributed by atoms with Crippen LogP contribution in [0.1, 0.15) is 41.9 Å². The molecule has 1 aliphatic rings. The van der Waals surface area contributed by atoms with Crippen LogP contribution < -0.4 is 4.74 Å². The van der Waals surface area contributed by atoms with E-state index in [1.165, 1.54) is 0 Å². The van der Waals surface area contributed by atoms with Gasteiger partial charge in [0, 0.05) is 6.42 Å². The second-order valence-electron chi connectivity index (χ2n) is 4.42. The second kappa shape index (κ2) is 5.97. The van der Waals surface area contributed by atoms with Crippen LogP contribution in [0.3, 0.4) is 0 Å². The molecule has 2 rings (SSSR count). The van der Waals surface area contributed by atoms with Crippen LogP contribution in [0.15, 0.2) is 0 Å². The van der Waals surface area contributed by atoms with E-state index in [1.807, 2.05) is 13.8 Å². The molecule has 1 fully saturated rings. The van der Waals surface area contributed by atoms with Gasteiger partial charge in [-0.2, -0.15) is 5.10 Å². The van der Waals surface area contributed by atoms with E-state index in [0.717, 1.165) is 12.1 Å². The molecule has 1 unspecified atom stereocenters. The van der Waals surface area contributed by atoms with Gasteiger partial charge in [0.05, 0.1) is 18.9 Å². The summed E-state index contributed by atoms with van der Waals surface area (Å²) in [6, 6.07) is 0. The first-order valence-electron chi connectivity index (χ1n) is 6.53. The first-order valence-corrected chi connectivity index (χ1v) is 6.53. The smallest absolute Gasteiger partial charge is 0.341 e. The van der Waals surface area contributed by atoms with Crippen molar-refractivity contribution >= 4 is 5.97 Å². The molecule has 6 heteroatoms. The van der Waals surface area contributed by atoms with Crippen LogP contribution in [0.5, 0.6) is 5.88 Å². The Morgan fingerprint density at radius 2 is 2.21 bits per heavy atom. The van der Waals surface area contributed by atoms with Crippen LogP contribution in [0.25, 0.3) is 0 Å². The Bertz CT molecular complexity index is 470. The quantitative estimate of drug-likeness (QED) is 0.869. The van der Waals surface area contributed by atoms with Crippen LogP contribution in [-0.2, 0) is 17.6 Å². The monoisotopic (exact) mass is 266 g/mol. The highest BCUT2D eigenvalue weighted by molar-refractivity contribution is 5.92. The molecule has 2 heterocycles. The number of carboxylic acid groups (broad SMARTS) is 1. The van der Waals surface area contributed by atoms with Gasteiger partial charge in [0.2, 0.25) is 5.88 Å². The van der Waals surface area contributed by atoms with Crippen molar-refractivity contribution in [2.45, 2.75) is 39.2 Å². The third-order valence-electron chi connectivity index (χ3n) is 3.19. The zero-order valence-corrected chi connectivity index (χ0v) is 11.2. The van der Waals surface area contributed by atoms with Crippen LogP contribution in [-0.4, -0.2) is 40.6 Å². The summed E-state index contributed by atoms with van der Waals surface area (Å²) in [5, 5.41) is 17.4. The Balaban J connectivity index is 2.38. The lowest BCUT2D eigenvalue weighted by Crippen LogP contribution is -2.20. The number of aryl methyl sites for hydroxylation is 1. The fraction of sp³-hybridized carbons (Fsp3) is 0.615. The molecular weight excluding hydrogens is 248 g/mol. The maximum Gasteiger partial charge on any atom is 0.341 e. The van der Waals surface area contributed by atoms with Gasteiger partial charge in [-0.3, -0.25) is 0 Å². The molecule has 19 heavy (non-hydrogen) atoms. The highest BCUT2D eigenvalue weighted by Gasteiger charge is 2.25. The van der Waals surface area contributed by atoms with Gasteiger partial charge >= 0.3 is 5.97 Å². The lowest BCUT2D eigenvalue weighted by Gasteiger charge is -2.15. The maximum absolute atomic E-state index is 11.5. The number of nitrogens with zero attached hydrogens (tertiary/aromatic N) is 2. The average Bonchev–Trinajstić information content (AvgIpc) is 2.90. The molecule has 0 aliphatic carbocycles. The van der Waals surface area contributed by atoms with Gasteiger partial charge in [0.15, 0.2) is 0 Å². The summed E-state index contributed by atoms with van der Waals surface area (Å²) in [7, 11) is 0. The minimum Gasteiger partial charge on any atom is -0.477 e. The number of carboxylic acids is 1. The molecule has 0 radical (unpaired) electrons. The maximum atomic E-state index is 11.5. The van der Waals surface area contributed by atoms with Crippen LogP contribution >= 0.6 is 0 Å². The summed E-state index contributed by atoms with van der Waals surface area (Å²) in [5.41, 5.74) is 1.56.